The Kier molecular flexibility index (Phi) is 5.62. The van der Waals surface area contributed by atoms with Gasteiger partial charge in [-0.15, -0.1) is 5.10 Å². The highest BCUT2D eigenvalue weighted by Crippen LogP contribution is 2.27. The largest absolute Gasteiger partial charge is 0.467 e. The summed E-state index contributed by atoms with van der Waals surface area (Å²) in [6.45, 7) is 2.14. The number of benzene rings is 1. The molecule has 0 saturated heterocycles. The Hall–Kier alpha value is -2.03. The predicted molar refractivity (Wildman–Crippen MR) is 96.0 cm³/mol. The summed E-state index contributed by atoms with van der Waals surface area (Å²) in [7, 11) is 0. The first-order chi connectivity index (χ1) is 12.0. The molecule has 0 bridgehead atoms. The van der Waals surface area contributed by atoms with Crippen molar-refractivity contribution in [3.63, 3.8) is 0 Å². The molecule has 2 heterocycles. The number of hydrogen-bond donors (Lipinski definition) is 1. The van der Waals surface area contributed by atoms with E-state index in [1.54, 1.807) is 42.1 Å². The molecule has 3 aromatic rings. The summed E-state index contributed by atoms with van der Waals surface area (Å²) < 4.78 is 6.85. The molecule has 1 aromatic carbocycles. The van der Waals surface area contributed by atoms with Crippen LogP contribution in [-0.2, 0) is 11.3 Å². The van der Waals surface area contributed by atoms with Gasteiger partial charge in [-0.05, 0) is 47.7 Å². The van der Waals surface area contributed by atoms with Crippen molar-refractivity contribution < 1.29 is 9.21 Å². The zero-order valence-corrected chi connectivity index (χ0v) is 15.3. The van der Waals surface area contributed by atoms with Crippen LogP contribution >= 0.6 is 35.0 Å². The van der Waals surface area contributed by atoms with Crippen molar-refractivity contribution in [3.05, 3.63) is 52.4 Å². The fraction of sp³-hybridized carbons (Fsp3) is 0.200. The van der Waals surface area contributed by atoms with Crippen molar-refractivity contribution in [1.29, 1.82) is 0 Å². The molecule has 1 N–H and O–H groups in total. The molecule has 130 valence electrons. The van der Waals surface area contributed by atoms with Gasteiger partial charge >= 0.3 is 0 Å². The molecule has 1 amide bonds. The Balaban J connectivity index is 1.66. The molecule has 1 atom stereocenters. The molecule has 0 radical (unpaired) electrons. The molecule has 0 aliphatic heterocycles. The molecule has 0 aliphatic carbocycles. The summed E-state index contributed by atoms with van der Waals surface area (Å²) in [6, 6.07) is 8.49. The lowest BCUT2D eigenvalue weighted by molar-refractivity contribution is -0.115. The maximum atomic E-state index is 12.4. The van der Waals surface area contributed by atoms with Gasteiger partial charge in [0.25, 0.3) is 0 Å². The topological polar surface area (TPSA) is 85.8 Å². The molecular weight excluding hydrogens is 385 g/mol. The Labute approximate surface area is 157 Å². The van der Waals surface area contributed by atoms with E-state index in [1.807, 2.05) is 6.07 Å². The Morgan fingerprint density at radius 2 is 2.24 bits per heavy atom. The third-order valence-corrected chi connectivity index (χ3v) is 4.86. The van der Waals surface area contributed by atoms with E-state index in [-0.39, 0.29) is 5.91 Å². The van der Waals surface area contributed by atoms with Gasteiger partial charge in [-0.2, -0.15) is 0 Å². The average Bonchev–Trinajstić information content (AvgIpc) is 3.24. The van der Waals surface area contributed by atoms with Crippen LogP contribution in [0.5, 0.6) is 0 Å². The van der Waals surface area contributed by atoms with Gasteiger partial charge in [0.1, 0.15) is 12.3 Å². The van der Waals surface area contributed by atoms with E-state index < -0.39 is 5.25 Å². The van der Waals surface area contributed by atoms with Crippen molar-refractivity contribution in [2.24, 2.45) is 0 Å². The number of hydrogen-bond acceptors (Lipinski definition) is 6. The molecule has 0 saturated carbocycles. The number of amides is 1. The van der Waals surface area contributed by atoms with Gasteiger partial charge in [-0.25, -0.2) is 4.68 Å². The number of nitrogens with one attached hydrogen (secondary N) is 1. The maximum absolute atomic E-state index is 12.4. The van der Waals surface area contributed by atoms with E-state index in [2.05, 4.69) is 20.8 Å². The predicted octanol–water partition coefficient (Wildman–Crippen LogP) is 3.74. The van der Waals surface area contributed by atoms with Crippen LogP contribution in [0.2, 0.25) is 10.0 Å². The maximum Gasteiger partial charge on any atom is 0.237 e. The lowest BCUT2D eigenvalue weighted by Gasteiger charge is -2.12. The minimum atomic E-state index is -0.448. The van der Waals surface area contributed by atoms with Crippen LogP contribution < -0.4 is 5.32 Å². The van der Waals surface area contributed by atoms with Crippen LogP contribution in [0.25, 0.3) is 0 Å². The standard InChI is InChI=1S/C15H13Cl2N5O2S/c1-9(14(23)18-13-7-10(16)4-5-12(13)17)25-15-19-20-21-22(15)8-11-3-2-6-24-11/h2-7,9H,8H2,1H3,(H,18,23). The van der Waals surface area contributed by atoms with Crippen LogP contribution in [0.1, 0.15) is 12.7 Å². The number of anilines is 1. The highest BCUT2D eigenvalue weighted by atomic mass is 35.5. The number of rotatable bonds is 6. The molecule has 1 unspecified atom stereocenters. The Bertz CT molecular complexity index is 869. The second kappa shape index (κ2) is 7.90. The summed E-state index contributed by atoms with van der Waals surface area (Å²) in [5.74, 6) is 0.485. The number of aromatic nitrogens is 4. The highest BCUT2D eigenvalue weighted by Gasteiger charge is 2.20. The summed E-state index contributed by atoms with van der Waals surface area (Å²) in [5, 5.41) is 15.2. The molecule has 10 heteroatoms. The first-order valence-corrected chi connectivity index (χ1v) is 8.87. The van der Waals surface area contributed by atoms with E-state index >= 15 is 0 Å². The fourth-order valence-corrected chi connectivity index (χ4v) is 3.10. The zero-order chi connectivity index (χ0) is 17.8. The number of nitrogens with zero attached hydrogens (tertiary/aromatic N) is 4. The van der Waals surface area contributed by atoms with E-state index in [0.717, 1.165) is 5.76 Å². The fourth-order valence-electron chi connectivity index (χ4n) is 1.97. The van der Waals surface area contributed by atoms with Gasteiger partial charge < -0.3 is 9.73 Å². The molecule has 0 spiro atoms. The third-order valence-electron chi connectivity index (χ3n) is 3.22. The number of halogens is 2. The number of furan rings is 1. The number of thioether (sulfide) groups is 1. The molecule has 2 aromatic heterocycles. The molecule has 25 heavy (non-hydrogen) atoms. The number of tetrazole rings is 1. The monoisotopic (exact) mass is 397 g/mol. The van der Waals surface area contributed by atoms with Crippen LogP contribution in [0.15, 0.2) is 46.2 Å². The average molecular weight is 398 g/mol. The summed E-state index contributed by atoms with van der Waals surface area (Å²) >= 11 is 13.2. The Morgan fingerprint density at radius 3 is 3.00 bits per heavy atom. The smallest absolute Gasteiger partial charge is 0.237 e. The quantitative estimate of drug-likeness (QED) is 0.637. The van der Waals surface area contributed by atoms with E-state index in [9.17, 15) is 4.79 Å². The van der Waals surface area contributed by atoms with E-state index in [1.165, 1.54) is 11.8 Å². The van der Waals surface area contributed by atoms with Gasteiger partial charge in [0.2, 0.25) is 11.1 Å². The van der Waals surface area contributed by atoms with Crippen LogP contribution in [0.3, 0.4) is 0 Å². The van der Waals surface area contributed by atoms with Gasteiger partial charge in [-0.3, -0.25) is 4.79 Å². The second-order valence-corrected chi connectivity index (χ2v) is 7.22. The van der Waals surface area contributed by atoms with Gasteiger partial charge in [0.15, 0.2) is 0 Å². The first-order valence-electron chi connectivity index (χ1n) is 7.24. The zero-order valence-electron chi connectivity index (χ0n) is 13.0. The van der Waals surface area contributed by atoms with Crippen molar-refractivity contribution in [2.45, 2.75) is 23.9 Å². The highest BCUT2D eigenvalue weighted by molar-refractivity contribution is 8.00. The van der Waals surface area contributed by atoms with Crippen molar-refractivity contribution in [2.75, 3.05) is 5.32 Å². The first kappa shape index (κ1) is 17.8. The van der Waals surface area contributed by atoms with Crippen LogP contribution in [0.4, 0.5) is 5.69 Å². The van der Waals surface area contributed by atoms with E-state index in [4.69, 9.17) is 27.6 Å². The minimum Gasteiger partial charge on any atom is -0.467 e. The molecule has 7 nitrogen and oxygen atoms in total. The van der Waals surface area contributed by atoms with Gasteiger partial charge in [0.05, 0.1) is 22.2 Å². The molecule has 0 fully saturated rings. The molecule has 3 rings (SSSR count). The SMILES string of the molecule is CC(Sc1nnnn1Cc1ccco1)C(=O)Nc1cc(Cl)ccc1Cl. The second-order valence-electron chi connectivity index (χ2n) is 5.07. The lowest BCUT2D eigenvalue weighted by atomic mass is 10.3. The molecule has 0 aliphatic rings. The Morgan fingerprint density at radius 1 is 1.40 bits per heavy atom. The van der Waals surface area contributed by atoms with Crippen LogP contribution in [0, 0.1) is 0 Å². The lowest BCUT2D eigenvalue weighted by Crippen LogP contribution is -2.23. The molecular formula is C15H13Cl2N5O2S. The summed E-state index contributed by atoms with van der Waals surface area (Å²) in [5.41, 5.74) is 0.460. The van der Waals surface area contributed by atoms with Crippen molar-refractivity contribution in [3.8, 4) is 0 Å². The summed E-state index contributed by atoms with van der Waals surface area (Å²) in [4.78, 5) is 12.4. The third kappa shape index (κ3) is 4.53. The van der Waals surface area contributed by atoms with E-state index in [0.29, 0.717) is 27.4 Å². The number of carbonyl (C=O) groups is 1. The number of carbonyl (C=O) groups excluding carboxylic acids is 1. The van der Waals surface area contributed by atoms with Crippen molar-refractivity contribution in [1.82, 2.24) is 20.2 Å². The van der Waals surface area contributed by atoms with Crippen molar-refractivity contribution >= 4 is 46.6 Å². The minimum absolute atomic E-state index is 0.235. The van der Waals surface area contributed by atoms with Gasteiger partial charge in [0, 0.05) is 5.02 Å². The normalized spacial score (nSPS) is 12.1. The summed E-state index contributed by atoms with van der Waals surface area (Å²) in [6.07, 6.45) is 1.58. The van der Waals surface area contributed by atoms with Gasteiger partial charge in [-0.1, -0.05) is 35.0 Å². The van der Waals surface area contributed by atoms with Crippen LogP contribution in [-0.4, -0.2) is 31.4 Å².